The van der Waals surface area contributed by atoms with Crippen LogP contribution in [0.5, 0.6) is 0 Å². The van der Waals surface area contributed by atoms with Gasteiger partial charge >= 0.3 is 0 Å². The minimum Gasteiger partial charge on any atom is -0.0654 e. The number of rotatable bonds is 15. The number of unbranched alkanes of at least 4 members (excludes halogenated alkanes) is 2. The average Bonchev–Trinajstić information content (AvgIpc) is 2.55. The first-order valence-electron chi connectivity index (χ1n) is 11.4. The van der Waals surface area contributed by atoms with Crippen molar-refractivity contribution >= 4 is 0 Å². The predicted molar refractivity (Wildman–Crippen MR) is 113 cm³/mol. The molecule has 0 bridgehead atoms. The number of hydrogen-bond acceptors (Lipinski definition) is 0. The van der Waals surface area contributed by atoms with Crippen LogP contribution in [0.4, 0.5) is 0 Å². The van der Waals surface area contributed by atoms with E-state index >= 15 is 0 Å². The molecule has 4 unspecified atom stereocenters. The molecule has 0 aromatic carbocycles. The maximum atomic E-state index is 2.49. The molecule has 0 heteroatoms. The standard InChI is InChI=1S/C24H50/c1-9-13-15-21(11-3)17-23(19(5)6)24(20(7)8)18-22(12-4)16-14-10-2/h19-24H,9-18H2,1-8H3. The second-order valence-electron chi connectivity index (χ2n) is 9.12. The summed E-state index contributed by atoms with van der Waals surface area (Å²) in [5, 5.41) is 0. The average molecular weight is 339 g/mol. The lowest BCUT2D eigenvalue weighted by molar-refractivity contribution is 0.124. The maximum absolute atomic E-state index is 2.49. The summed E-state index contributed by atoms with van der Waals surface area (Å²) < 4.78 is 0. The van der Waals surface area contributed by atoms with Crippen LogP contribution in [0, 0.1) is 35.5 Å². The van der Waals surface area contributed by atoms with Crippen molar-refractivity contribution in [3.8, 4) is 0 Å². The quantitative estimate of drug-likeness (QED) is 0.280. The Hall–Kier alpha value is 0. The molecule has 0 aromatic heterocycles. The smallest absolute Gasteiger partial charge is 0.0358 e. The summed E-state index contributed by atoms with van der Waals surface area (Å²) >= 11 is 0. The second-order valence-corrected chi connectivity index (χ2v) is 9.12. The van der Waals surface area contributed by atoms with Crippen LogP contribution in [-0.2, 0) is 0 Å². The highest BCUT2D eigenvalue weighted by atomic mass is 14.4. The molecule has 0 aromatic rings. The zero-order valence-corrected chi connectivity index (χ0v) is 18.5. The molecule has 0 spiro atoms. The summed E-state index contributed by atoms with van der Waals surface area (Å²) in [6.45, 7) is 19.4. The monoisotopic (exact) mass is 338 g/mol. The molecule has 0 radical (unpaired) electrons. The lowest BCUT2D eigenvalue weighted by atomic mass is 9.68. The molecule has 0 fully saturated rings. The fourth-order valence-corrected chi connectivity index (χ4v) is 4.62. The minimum atomic E-state index is 0.830. The molecule has 146 valence electrons. The summed E-state index contributed by atoms with van der Waals surface area (Å²) in [7, 11) is 0. The fourth-order valence-electron chi connectivity index (χ4n) is 4.62. The van der Waals surface area contributed by atoms with E-state index < -0.39 is 0 Å². The summed E-state index contributed by atoms with van der Waals surface area (Å²) in [6, 6.07) is 0. The normalized spacial score (nSPS) is 17.2. The van der Waals surface area contributed by atoms with Crippen LogP contribution in [0.1, 0.15) is 120 Å². The van der Waals surface area contributed by atoms with E-state index in [-0.39, 0.29) is 0 Å². The topological polar surface area (TPSA) is 0 Å². The fraction of sp³-hybridized carbons (Fsp3) is 1.00. The molecule has 0 aliphatic carbocycles. The van der Waals surface area contributed by atoms with Crippen LogP contribution in [0.2, 0.25) is 0 Å². The molecule has 0 saturated heterocycles. The molecule has 0 amide bonds. The van der Waals surface area contributed by atoms with Crippen LogP contribution < -0.4 is 0 Å². The Labute approximate surface area is 155 Å². The van der Waals surface area contributed by atoms with Crippen LogP contribution in [0.3, 0.4) is 0 Å². The van der Waals surface area contributed by atoms with E-state index in [2.05, 4.69) is 55.4 Å². The minimum absolute atomic E-state index is 0.830. The molecular weight excluding hydrogens is 288 g/mol. The van der Waals surface area contributed by atoms with Crippen LogP contribution in [0.15, 0.2) is 0 Å². The molecule has 0 rings (SSSR count). The van der Waals surface area contributed by atoms with E-state index in [1.807, 2.05) is 0 Å². The van der Waals surface area contributed by atoms with E-state index in [1.165, 1.54) is 64.2 Å². The maximum Gasteiger partial charge on any atom is -0.0358 e. The Morgan fingerprint density at radius 2 is 0.875 bits per heavy atom. The van der Waals surface area contributed by atoms with Gasteiger partial charge in [0.1, 0.15) is 0 Å². The van der Waals surface area contributed by atoms with E-state index in [0.29, 0.717) is 0 Å². The lowest BCUT2D eigenvalue weighted by Crippen LogP contribution is -2.29. The third kappa shape index (κ3) is 9.47. The molecule has 0 nitrogen and oxygen atoms in total. The van der Waals surface area contributed by atoms with E-state index in [9.17, 15) is 0 Å². The highest BCUT2D eigenvalue weighted by molar-refractivity contribution is 4.80. The summed E-state index contributed by atoms with van der Waals surface area (Å²) in [4.78, 5) is 0. The van der Waals surface area contributed by atoms with Gasteiger partial charge in [-0.05, 0) is 48.3 Å². The van der Waals surface area contributed by atoms with Crippen LogP contribution in [-0.4, -0.2) is 0 Å². The van der Waals surface area contributed by atoms with Crippen molar-refractivity contribution in [3.05, 3.63) is 0 Å². The zero-order chi connectivity index (χ0) is 18.5. The third-order valence-corrected chi connectivity index (χ3v) is 6.56. The largest absolute Gasteiger partial charge is 0.0654 e. The highest BCUT2D eigenvalue weighted by Gasteiger charge is 2.30. The first kappa shape index (κ1) is 24.0. The Balaban J connectivity index is 5.00. The molecule has 4 atom stereocenters. The van der Waals surface area contributed by atoms with Gasteiger partial charge in [0.25, 0.3) is 0 Å². The van der Waals surface area contributed by atoms with Gasteiger partial charge < -0.3 is 0 Å². The van der Waals surface area contributed by atoms with Crippen molar-refractivity contribution in [2.45, 2.75) is 120 Å². The van der Waals surface area contributed by atoms with Crippen molar-refractivity contribution in [1.29, 1.82) is 0 Å². The zero-order valence-electron chi connectivity index (χ0n) is 18.5. The molecule has 0 heterocycles. The van der Waals surface area contributed by atoms with Gasteiger partial charge in [0.05, 0.1) is 0 Å². The molecule has 0 aliphatic heterocycles. The molecule has 0 saturated carbocycles. The van der Waals surface area contributed by atoms with Crippen molar-refractivity contribution in [1.82, 2.24) is 0 Å². The van der Waals surface area contributed by atoms with Gasteiger partial charge in [-0.3, -0.25) is 0 Å². The first-order chi connectivity index (χ1) is 11.4. The van der Waals surface area contributed by atoms with Crippen molar-refractivity contribution in [2.75, 3.05) is 0 Å². The van der Waals surface area contributed by atoms with Gasteiger partial charge in [-0.15, -0.1) is 0 Å². The van der Waals surface area contributed by atoms with Crippen LogP contribution in [0.25, 0.3) is 0 Å². The highest BCUT2D eigenvalue weighted by Crippen LogP contribution is 2.39. The third-order valence-electron chi connectivity index (χ3n) is 6.56. The van der Waals surface area contributed by atoms with E-state index in [4.69, 9.17) is 0 Å². The number of hydrogen-bond donors (Lipinski definition) is 0. The van der Waals surface area contributed by atoms with Gasteiger partial charge in [-0.1, -0.05) is 107 Å². The molecule has 24 heavy (non-hydrogen) atoms. The molecule has 0 aliphatic rings. The van der Waals surface area contributed by atoms with Crippen molar-refractivity contribution in [2.24, 2.45) is 35.5 Å². The predicted octanol–water partition coefficient (Wildman–Crippen LogP) is 8.74. The van der Waals surface area contributed by atoms with Crippen LogP contribution >= 0.6 is 0 Å². The Bertz CT molecular complexity index is 237. The summed E-state index contributed by atoms with van der Waals surface area (Å²) in [5.74, 6) is 5.40. The SMILES string of the molecule is CCCCC(CC)CC(C(C)C)C(CC(CC)CCCC)C(C)C. The van der Waals surface area contributed by atoms with Gasteiger partial charge in [0.15, 0.2) is 0 Å². The summed E-state index contributed by atoms with van der Waals surface area (Å²) in [6.07, 6.45) is 14.1. The Kier molecular flexibility index (Phi) is 14.2. The Morgan fingerprint density at radius 1 is 0.542 bits per heavy atom. The molecule has 0 N–H and O–H groups in total. The van der Waals surface area contributed by atoms with Gasteiger partial charge in [0.2, 0.25) is 0 Å². The Morgan fingerprint density at radius 3 is 1.08 bits per heavy atom. The lowest BCUT2D eigenvalue weighted by Gasteiger charge is -2.37. The first-order valence-corrected chi connectivity index (χ1v) is 11.4. The molecular formula is C24H50. The second kappa shape index (κ2) is 14.2. The van der Waals surface area contributed by atoms with Gasteiger partial charge in [0, 0.05) is 0 Å². The van der Waals surface area contributed by atoms with Gasteiger partial charge in [-0.25, -0.2) is 0 Å². The van der Waals surface area contributed by atoms with Crippen molar-refractivity contribution in [3.63, 3.8) is 0 Å². The van der Waals surface area contributed by atoms with E-state index in [0.717, 1.165) is 35.5 Å². The van der Waals surface area contributed by atoms with Gasteiger partial charge in [-0.2, -0.15) is 0 Å². The summed E-state index contributed by atoms with van der Waals surface area (Å²) in [5.41, 5.74) is 0. The van der Waals surface area contributed by atoms with E-state index in [1.54, 1.807) is 0 Å². The van der Waals surface area contributed by atoms with Crippen molar-refractivity contribution < 1.29 is 0 Å².